The highest BCUT2D eigenvalue weighted by molar-refractivity contribution is 5.94. The maximum absolute atomic E-state index is 12.3. The largest absolute Gasteiger partial charge is 0.352 e. The van der Waals surface area contributed by atoms with E-state index < -0.39 is 5.09 Å². The Bertz CT molecular complexity index is 836. The number of amides is 1. The van der Waals surface area contributed by atoms with Gasteiger partial charge in [0.05, 0.1) is 0 Å². The first-order chi connectivity index (χ1) is 15.1. The summed E-state index contributed by atoms with van der Waals surface area (Å²) in [5, 5.41) is 12.4. The predicted octanol–water partition coefficient (Wildman–Crippen LogP) is 3.86. The number of carbonyl (C=O) groups excluding carboxylic acids is 1. The minimum Gasteiger partial charge on any atom is -0.352 e. The number of hydrogen-bond donors (Lipinski definition) is 1. The molecular weight excluding hydrogens is 394 g/mol. The van der Waals surface area contributed by atoms with Crippen molar-refractivity contribution >= 4 is 5.91 Å². The summed E-state index contributed by atoms with van der Waals surface area (Å²) in [4.78, 5) is 29.5. The Morgan fingerprint density at radius 3 is 2.55 bits per heavy atom. The van der Waals surface area contributed by atoms with E-state index in [1.807, 2.05) is 0 Å². The second-order valence-electron chi connectivity index (χ2n) is 8.14. The van der Waals surface area contributed by atoms with Gasteiger partial charge in [0.1, 0.15) is 6.61 Å². The molecule has 1 heterocycles. The highest BCUT2D eigenvalue weighted by Crippen LogP contribution is 2.21. The first-order valence-electron chi connectivity index (χ1n) is 11.0. The number of likely N-dealkylation sites (tertiary alicyclic amines) is 1. The lowest BCUT2D eigenvalue weighted by Gasteiger charge is -2.32. The molecule has 1 saturated heterocycles. The summed E-state index contributed by atoms with van der Waals surface area (Å²) in [5.74, 6) is 0.620. The Hall–Kier alpha value is -2.93. The van der Waals surface area contributed by atoms with Crippen LogP contribution in [0.2, 0.25) is 0 Å². The van der Waals surface area contributed by atoms with E-state index in [0.717, 1.165) is 38.4 Å². The van der Waals surface area contributed by atoms with Crippen LogP contribution in [0.1, 0.15) is 47.2 Å². The molecule has 0 aliphatic carbocycles. The fourth-order valence-corrected chi connectivity index (χ4v) is 4.06. The summed E-state index contributed by atoms with van der Waals surface area (Å²) in [5.41, 5.74) is 2.53. The van der Waals surface area contributed by atoms with Crippen molar-refractivity contribution in [3.8, 4) is 0 Å². The first-order valence-corrected chi connectivity index (χ1v) is 11.0. The SMILES string of the molecule is O=C(NCCCCN1CCC(Cc2ccccc2)CC1)c1cccc(CO[N+](=O)[O-])c1. The lowest BCUT2D eigenvalue weighted by molar-refractivity contribution is -0.763. The molecule has 1 amide bonds. The van der Waals surface area contributed by atoms with Crippen LogP contribution < -0.4 is 5.32 Å². The number of nitrogens with one attached hydrogen (secondary N) is 1. The molecule has 0 aromatic heterocycles. The van der Waals surface area contributed by atoms with E-state index in [-0.39, 0.29) is 12.5 Å². The van der Waals surface area contributed by atoms with Gasteiger partial charge >= 0.3 is 0 Å². The van der Waals surface area contributed by atoms with Crippen LogP contribution in [0.4, 0.5) is 0 Å². The molecule has 0 saturated carbocycles. The number of benzene rings is 2. The normalized spacial score (nSPS) is 14.8. The minimum atomic E-state index is -0.835. The van der Waals surface area contributed by atoms with Crippen LogP contribution in [0.3, 0.4) is 0 Å². The van der Waals surface area contributed by atoms with Gasteiger partial charge in [-0.05, 0) is 80.9 Å². The maximum Gasteiger partial charge on any atom is 0.294 e. The van der Waals surface area contributed by atoms with E-state index in [1.165, 1.54) is 24.8 Å². The monoisotopic (exact) mass is 425 g/mol. The van der Waals surface area contributed by atoms with Crippen LogP contribution in [0.5, 0.6) is 0 Å². The third kappa shape index (κ3) is 8.02. The average molecular weight is 426 g/mol. The molecular formula is C24H31N3O4. The molecule has 1 N–H and O–H groups in total. The second-order valence-corrected chi connectivity index (χ2v) is 8.14. The Labute approximate surface area is 183 Å². The molecule has 1 aliphatic rings. The van der Waals surface area contributed by atoms with Crippen LogP contribution >= 0.6 is 0 Å². The van der Waals surface area contributed by atoms with Gasteiger partial charge in [-0.2, -0.15) is 0 Å². The van der Waals surface area contributed by atoms with Crippen molar-refractivity contribution in [2.75, 3.05) is 26.2 Å². The highest BCUT2D eigenvalue weighted by Gasteiger charge is 2.19. The lowest BCUT2D eigenvalue weighted by atomic mass is 9.90. The van der Waals surface area contributed by atoms with Gasteiger partial charge in [0.25, 0.3) is 11.0 Å². The van der Waals surface area contributed by atoms with Crippen molar-refractivity contribution < 1.29 is 14.7 Å². The second kappa shape index (κ2) is 12.1. The fraction of sp³-hybridized carbons (Fsp3) is 0.458. The van der Waals surface area contributed by atoms with E-state index in [0.29, 0.717) is 17.7 Å². The summed E-state index contributed by atoms with van der Waals surface area (Å²) in [7, 11) is 0. The van der Waals surface area contributed by atoms with E-state index in [2.05, 4.69) is 45.4 Å². The zero-order chi connectivity index (χ0) is 21.9. The molecule has 3 rings (SSSR count). The standard InChI is InChI=1S/C24H31N3O4/c28-24(23-10-6-9-22(18-23)19-31-27(29)30)25-13-4-5-14-26-15-11-21(12-16-26)17-20-7-2-1-3-8-20/h1-3,6-10,18,21H,4-5,11-17,19H2,(H,25,28). The third-order valence-electron chi connectivity index (χ3n) is 5.79. The Balaban J connectivity index is 1.28. The Kier molecular flexibility index (Phi) is 8.84. The smallest absolute Gasteiger partial charge is 0.294 e. The molecule has 7 nitrogen and oxygen atoms in total. The van der Waals surface area contributed by atoms with Crippen LogP contribution in [-0.2, 0) is 17.9 Å². The average Bonchev–Trinajstić information content (AvgIpc) is 2.79. The molecule has 0 atom stereocenters. The molecule has 2 aromatic rings. The zero-order valence-corrected chi connectivity index (χ0v) is 17.9. The van der Waals surface area contributed by atoms with Crippen molar-refractivity contribution in [1.29, 1.82) is 0 Å². The lowest BCUT2D eigenvalue weighted by Crippen LogP contribution is -2.35. The van der Waals surface area contributed by atoms with Gasteiger partial charge in [-0.15, -0.1) is 10.1 Å². The first kappa shape index (κ1) is 22.7. The van der Waals surface area contributed by atoms with Gasteiger partial charge in [-0.1, -0.05) is 42.5 Å². The van der Waals surface area contributed by atoms with Crippen molar-refractivity contribution in [3.63, 3.8) is 0 Å². The molecule has 2 aromatic carbocycles. The molecule has 0 unspecified atom stereocenters. The van der Waals surface area contributed by atoms with Crippen molar-refractivity contribution in [2.45, 2.75) is 38.7 Å². The van der Waals surface area contributed by atoms with Crippen LogP contribution in [0.25, 0.3) is 0 Å². The van der Waals surface area contributed by atoms with Gasteiger partial charge in [0.15, 0.2) is 0 Å². The Morgan fingerprint density at radius 2 is 1.81 bits per heavy atom. The number of unbranched alkanes of at least 4 members (excludes halogenated alkanes) is 1. The highest BCUT2D eigenvalue weighted by atomic mass is 16.9. The number of hydrogen-bond acceptors (Lipinski definition) is 5. The molecule has 1 aliphatic heterocycles. The third-order valence-corrected chi connectivity index (χ3v) is 5.79. The summed E-state index contributed by atoms with van der Waals surface area (Å²) >= 11 is 0. The maximum atomic E-state index is 12.3. The molecule has 166 valence electrons. The van der Waals surface area contributed by atoms with Gasteiger partial charge in [-0.25, -0.2) is 0 Å². The number of rotatable bonds is 11. The van der Waals surface area contributed by atoms with Gasteiger partial charge in [-0.3, -0.25) is 4.79 Å². The van der Waals surface area contributed by atoms with Crippen LogP contribution in [0, 0.1) is 16.0 Å². The number of carbonyl (C=O) groups is 1. The zero-order valence-electron chi connectivity index (χ0n) is 17.9. The molecule has 0 bridgehead atoms. The number of nitrogens with zero attached hydrogens (tertiary/aromatic N) is 2. The molecule has 0 radical (unpaired) electrons. The van der Waals surface area contributed by atoms with E-state index in [1.54, 1.807) is 24.3 Å². The summed E-state index contributed by atoms with van der Waals surface area (Å²) in [6.45, 7) is 3.85. The number of piperidine rings is 1. The van der Waals surface area contributed by atoms with Gasteiger partial charge < -0.3 is 15.1 Å². The van der Waals surface area contributed by atoms with Crippen molar-refractivity contribution in [1.82, 2.24) is 10.2 Å². The molecule has 31 heavy (non-hydrogen) atoms. The minimum absolute atomic E-state index is 0.157. The summed E-state index contributed by atoms with van der Waals surface area (Å²) in [6.07, 6.45) is 5.67. The topological polar surface area (TPSA) is 84.7 Å². The quantitative estimate of drug-likeness (QED) is 0.336. The summed E-state index contributed by atoms with van der Waals surface area (Å²) in [6, 6.07) is 17.5. The van der Waals surface area contributed by atoms with Crippen molar-refractivity contribution in [2.24, 2.45) is 5.92 Å². The molecule has 0 spiro atoms. The van der Waals surface area contributed by atoms with Crippen LogP contribution in [-0.4, -0.2) is 42.1 Å². The molecule has 7 heteroatoms. The van der Waals surface area contributed by atoms with E-state index in [4.69, 9.17) is 0 Å². The van der Waals surface area contributed by atoms with E-state index in [9.17, 15) is 14.9 Å². The van der Waals surface area contributed by atoms with Crippen LogP contribution in [0.15, 0.2) is 54.6 Å². The Morgan fingerprint density at radius 1 is 1.06 bits per heavy atom. The molecule has 1 fully saturated rings. The summed E-state index contributed by atoms with van der Waals surface area (Å²) < 4.78 is 0. The van der Waals surface area contributed by atoms with Gasteiger partial charge in [0.2, 0.25) is 0 Å². The van der Waals surface area contributed by atoms with E-state index >= 15 is 0 Å². The fourth-order valence-electron chi connectivity index (χ4n) is 4.06. The van der Waals surface area contributed by atoms with Gasteiger partial charge in [0, 0.05) is 12.1 Å². The van der Waals surface area contributed by atoms with Crippen molar-refractivity contribution in [3.05, 3.63) is 81.4 Å². The predicted molar refractivity (Wildman–Crippen MR) is 119 cm³/mol.